The molecule has 3 rings (SSSR count). The molecule has 1 aromatic heterocycles. The van der Waals surface area contributed by atoms with E-state index < -0.39 is 0 Å². The molecule has 0 saturated carbocycles. The normalized spacial score (nSPS) is 10.6. The van der Waals surface area contributed by atoms with Gasteiger partial charge in [0.2, 0.25) is 5.13 Å². The fourth-order valence-corrected chi connectivity index (χ4v) is 4.37. The number of ether oxygens (including phenoxy) is 1. The van der Waals surface area contributed by atoms with Gasteiger partial charge in [0.1, 0.15) is 5.75 Å². The van der Waals surface area contributed by atoms with Crippen molar-refractivity contribution in [1.29, 1.82) is 0 Å². The summed E-state index contributed by atoms with van der Waals surface area (Å²) >= 11 is 20.6. The van der Waals surface area contributed by atoms with Crippen molar-refractivity contribution in [2.24, 2.45) is 0 Å². The number of nitrogens with one attached hydrogen (secondary N) is 1. The van der Waals surface area contributed by atoms with E-state index in [1.807, 2.05) is 24.3 Å². The number of halogens is 3. The minimum absolute atomic E-state index is 0.202. The standard InChI is InChI=1S/C17H12Cl3N3O2S2/c18-11-3-1-2-10(6-11)9-26-17-23-22-16(27-17)21-15(24)8-25-14-5-4-12(19)7-13(14)20/h1-7H,8-9H2,(H,21,22,24). The fraction of sp³-hybridized carbons (Fsp3) is 0.118. The number of hydrogen-bond acceptors (Lipinski definition) is 6. The first-order chi connectivity index (χ1) is 13.0. The van der Waals surface area contributed by atoms with Crippen LogP contribution in [0.3, 0.4) is 0 Å². The van der Waals surface area contributed by atoms with Crippen molar-refractivity contribution < 1.29 is 9.53 Å². The van der Waals surface area contributed by atoms with Crippen LogP contribution in [0.4, 0.5) is 5.13 Å². The van der Waals surface area contributed by atoms with Gasteiger partial charge in [-0.3, -0.25) is 10.1 Å². The van der Waals surface area contributed by atoms with Crippen LogP contribution in [0.25, 0.3) is 0 Å². The Hall–Kier alpha value is -1.51. The molecule has 1 amide bonds. The average Bonchev–Trinajstić information content (AvgIpc) is 3.06. The molecule has 0 bridgehead atoms. The third kappa shape index (κ3) is 6.26. The van der Waals surface area contributed by atoms with Gasteiger partial charge >= 0.3 is 0 Å². The molecule has 0 fully saturated rings. The fourth-order valence-electron chi connectivity index (χ4n) is 1.98. The lowest BCUT2D eigenvalue weighted by atomic mass is 10.2. The maximum Gasteiger partial charge on any atom is 0.264 e. The molecule has 0 aliphatic carbocycles. The van der Waals surface area contributed by atoms with Crippen LogP contribution in [-0.4, -0.2) is 22.7 Å². The molecule has 27 heavy (non-hydrogen) atoms. The largest absolute Gasteiger partial charge is 0.482 e. The second kappa shape index (κ2) is 9.61. The van der Waals surface area contributed by atoms with E-state index in [0.29, 0.717) is 31.7 Å². The zero-order valence-corrected chi connectivity index (χ0v) is 17.5. The number of thioether (sulfide) groups is 1. The van der Waals surface area contributed by atoms with E-state index in [-0.39, 0.29) is 12.5 Å². The molecule has 0 unspecified atom stereocenters. The average molecular weight is 461 g/mol. The van der Waals surface area contributed by atoms with Crippen molar-refractivity contribution in [1.82, 2.24) is 10.2 Å². The minimum atomic E-state index is -0.358. The highest BCUT2D eigenvalue weighted by atomic mass is 35.5. The third-order valence-electron chi connectivity index (χ3n) is 3.16. The molecule has 1 N–H and O–H groups in total. The van der Waals surface area contributed by atoms with Gasteiger partial charge in [0.15, 0.2) is 10.9 Å². The van der Waals surface area contributed by atoms with Gasteiger partial charge in [0.05, 0.1) is 5.02 Å². The summed E-state index contributed by atoms with van der Waals surface area (Å²) < 4.78 is 6.13. The first kappa shape index (κ1) is 20.2. The van der Waals surface area contributed by atoms with Crippen LogP contribution in [0.1, 0.15) is 5.56 Å². The van der Waals surface area contributed by atoms with Gasteiger partial charge in [-0.25, -0.2) is 0 Å². The quantitative estimate of drug-likeness (QED) is 0.356. The molecule has 140 valence electrons. The van der Waals surface area contributed by atoms with E-state index in [2.05, 4.69) is 15.5 Å². The maximum atomic E-state index is 12.0. The van der Waals surface area contributed by atoms with Crippen molar-refractivity contribution in [2.75, 3.05) is 11.9 Å². The third-order valence-corrected chi connectivity index (χ3v) is 5.97. The highest BCUT2D eigenvalue weighted by Crippen LogP contribution is 2.29. The number of carbonyl (C=O) groups excluding carboxylic acids is 1. The van der Waals surface area contributed by atoms with Crippen LogP contribution in [0.5, 0.6) is 5.75 Å². The van der Waals surface area contributed by atoms with E-state index in [1.54, 1.807) is 18.2 Å². The predicted octanol–water partition coefficient (Wildman–Crippen LogP) is 5.81. The van der Waals surface area contributed by atoms with Crippen molar-refractivity contribution in [3.63, 3.8) is 0 Å². The highest BCUT2D eigenvalue weighted by Gasteiger charge is 2.11. The second-order valence-corrected chi connectivity index (χ2v) is 8.68. The molecule has 0 atom stereocenters. The van der Waals surface area contributed by atoms with Crippen molar-refractivity contribution in [3.05, 3.63) is 63.1 Å². The number of anilines is 1. The molecular weight excluding hydrogens is 449 g/mol. The SMILES string of the molecule is O=C(COc1ccc(Cl)cc1Cl)Nc1nnc(SCc2cccc(Cl)c2)s1. The smallest absolute Gasteiger partial charge is 0.264 e. The summed E-state index contributed by atoms with van der Waals surface area (Å²) in [5, 5.41) is 12.6. The number of rotatable bonds is 7. The van der Waals surface area contributed by atoms with Gasteiger partial charge in [0.25, 0.3) is 5.91 Å². The summed E-state index contributed by atoms with van der Waals surface area (Å²) in [5.41, 5.74) is 1.08. The van der Waals surface area contributed by atoms with Gasteiger partial charge < -0.3 is 4.74 Å². The van der Waals surface area contributed by atoms with E-state index in [0.717, 1.165) is 9.90 Å². The number of amides is 1. The van der Waals surface area contributed by atoms with E-state index in [1.165, 1.54) is 23.1 Å². The number of nitrogens with zero attached hydrogens (tertiary/aromatic N) is 2. The molecular formula is C17H12Cl3N3O2S2. The summed E-state index contributed by atoms with van der Waals surface area (Å²) in [4.78, 5) is 12.0. The van der Waals surface area contributed by atoms with Gasteiger partial charge in [-0.1, -0.05) is 70.0 Å². The van der Waals surface area contributed by atoms with Crippen LogP contribution in [-0.2, 0) is 10.5 Å². The van der Waals surface area contributed by atoms with Gasteiger partial charge in [-0.2, -0.15) is 0 Å². The molecule has 1 heterocycles. The zero-order chi connectivity index (χ0) is 19.2. The Morgan fingerprint density at radius 1 is 1.11 bits per heavy atom. The molecule has 2 aromatic carbocycles. The predicted molar refractivity (Wildman–Crippen MR) is 112 cm³/mol. The number of benzene rings is 2. The van der Waals surface area contributed by atoms with Crippen LogP contribution >= 0.6 is 57.9 Å². The second-order valence-electron chi connectivity index (χ2n) is 5.20. The van der Waals surface area contributed by atoms with Crippen LogP contribution in [0.2, 0.25) is 15.1 Å². The number of aromatic nitrogens is 2. The minimum Gasteiger partial charge on any atom is -0.482 e. The Kier molecular flexibility index (Phi) is 7.20. The van der Waals surface area contributed by atoms with Crippen molar-refractivity contribution in [3.8, 4) is 5.75 Å². The van der Waals surface area contributed by atoms with Gasteiger partial charge in [-0.15, -0.1) is 10.2 Å². The molecule has 3 aromatic rings. The van der Waals surface area contributed by atoms with E-state index >= 15 is 0 Å². The van der Waals surface area contributed by atoms with Gasteiger partial charge in [-0.05, 0) is 35.9 Å². The first-order valence-electron chi connectivity index (χ1n) is 7.58. The Bertz CT molecular complexity index is 953. The lowest BCUT2D eigenvalue weighted by Crippen LogP contribution is -2.20. The van der Waals surface area contributed by atoms with E-state index in [4.69, 9.17) is 39.5 Å². The first-order valence-corrected chi connectivity index (χ1v) is 10.5. The summed E-state index contributed by atoms with van der Waals surface area (Å²) in [6.45, 7) is -0.202. The number of hydrogen-bond donors (Lipinski definition) is 1. The molecule has 0 spiro atoms. The van der Waals surface area contributed by atoms with E-state index in [9.17, 15) is 4.79 Å². The van der Waals surface area contributed by atoms with Crippen molar-refractivity contribution in [2.45, 2.75) is 10.1 Å². The molecule has 10 heteroatoms. The molecule has 0 aliphatic rings. The Morgan fingerprint density at radius 2 is 1.93 bits per heavy atom. The molecule has 0 saturated heterocycles. The zero-order valence-electron chi connectivity index (χ0n) is 13.6. The van der Waals surface area contributed by atoms with Gasteiger partial charge in [0, 0.05) is 15.8 Å². The van der Waals surface area contributed by atoms with Crippen LogP contribution in [0.15, 0.2) is 46.8 Å². The molecule has 0 aliphatic heterocycles. The summed E-state index contributed by atoms with van der Waals surface area (Å²) in [6, 6.07) is 12.4. The lowest BCUT2D eigenvalue weighted by Gasteiger charge is -2.07. The molecule has 5 nitrogen and oxygen atoms in total. The summed E-state index contributed by atoms with van der Waals surface area (Å²) in [7, 11) is 0. The van der Waals surface area contributed by atoms with Crippen molar-refractivity contribution >= 4 is 68.9 Å². The number of carbonyl (C=O) groups is 1. The Labute approximate surface area is 179 Å². The highest BCUT2D eigenvalue weighted by molar-refractivity contribution is 8.00. The maximum absolute atomic E-state index is 12.0. The monoisotopic (exact) mass is 459 g/mol. The summed E-state index contributed by atoms with van der Waals surface area (Å²) in [6.07, 6.45) is 0. The molecule has 0 radical (unpaired) electrons. The Morgan fingerprint density at radius 3 is 2.70 bits per heavy atom. The lowest BCUT2D eigenvalue weighted by molar-refractivity contribution is -0.118. The topological polar surface area (TPSA) is 64.1 Å². The Balaban J connectivity index is 1.48. The van der Waals surface area contributed by atoms with Crippen LogP contribution < -0.4 is 10.1 Å². The van der Waals surface area contributed by atoms with Crippen LogP contribution in [0, 0.1) is 0 Å². The summed E-state index contributed by atoms with van der Waals surface area (Å²) in [5.74, 6) is 0.733.